The van der Waals surface area contributed by atoms with E-state index in [1.165, 1.54) is 22.6 Å². The summed E-state index contributed by atoms with van der Waals surface area (Å²) in [6.07, 6.45) is 5.18. The minimum Gasteiger partial charge on any atom is -0.310 e. The molecule has 19 heavy (non-hydrogen) atoms. The Hall–Kier alpha value is -1.19. The van der Waals surface area contributed by atoms with Crippen LogP contribution in [0.4, 0.5) is 0 Å². The first kappa shape index (κ1) is 14.2. The predicted molar refractivity (Wildman–Crippen MR) is 82.6 cm³/mol. The second-order valence-electron chi connectivity index (χ2n) is 4.80. The second-order valence-corrected chi connectivity index (χ2v) is 5.92. The highest BCUT2D eigenvalue weighted by Crippen LogP contribution is 2.26. The third-order valence-corrected chi connectivity index (χ3v) is 4.19. The molecule has 1 N–H and O–H groups in total. The first-order chi connectivity index (χ1) is 9.31. The van der Waals surface area contributed by atoms with E-state index in [1.54, 1.807) is 0 Å². The van der Waals surface area contributed by atoms with Crippen molar-refractivity contribution >= 4 is 11.3 Å². The number of nitrogens with one attached hydrogen (secondary N) is 1. The van der Waals surface area contributed by atoms with Crippen molar-refractivity contribution in [2.45, 2.75) is 39.2 Å². The Morgan fingerprint density at radius 2 is 2.21 bits per heavy atom. The maximum atomic E-state index is 4.41. The van der Waals surface area contributed by atoms with Crippen LogP contribution in [0.1, 0.15) is 41.9 Å². The summed E-state index contributed by atoms with van der Waals surface area (Å²) in [5.74, 6) is 0. The van der Waals surface area contributed by atoms with Gasteiger partial charge in [0.15, 0.2) is 0 Å². The van der Waals surface area contributed by atoms with Gasteiger partial charge in [-0.1, -0.05) is 13.0 Å². The molecule has 3 heteroatoms. The van der Waals surface area contributed by atoms with Gasteiger partial charge in [0.2, 0.25) is 0 Å². The van der Waals surface area contributed by atoms with Crippen LogP contribution in [0.25, 0.3) is 0 Å². The standard InChI is InChI=1S/C16H22N2S/c1-3-10-18-16(15-9-12-19-13(15)2)8-7-14-6-4-5-11-17-14/h4-6,9,11-12,16,18H,3,7-8,10H2,1-2H3. The minimum absolute atomic E-state index is 0.452. The van der Waals surface area contributed by atoms with E-state index in [2.05, 4.69) is 47.7 Å². The monoisotopic (exact) mass is 274 g/mol. The van der Waals surface area contributed by atoms with E-state index in [1.807, 2.05) is 23.6 Å². The van der Waals surface area contributed by atoms with Crippen LogP contribution in [0.2, 0.25) is 0 Å². The minimum atomic E-state index is 0.452. The fraction of sp³-hybridized carbons (Fsp3) is 0.438. The number of hydrogen-bond acceptors (Lipinski definition) is 3. The van der Waals surface area contributed by atoms with Gasteiger partial charge < -0.3 is 5.32 Å². The molecule has 0 amide bonds. The number of hydrogen-bond donors (Lipinski definition) is 1. The molecule has 1 unspecified atom stereocenters. The average molecular weight is 274 g/mol. The molecule has 0 aliphatic rings. The molecule has 0 saturated heterocycles. The van der Waals surface area contributed by atoms with Gasteiger partial charge in [-0.05, 0) is 61.9 Å². The molecule has 2 heterocycles. The van der Waals surface area contributed by atoms with Gasteiger partial charge in [0.1, 0.15) is 0 Å². The molecular weight excluding hydrogens is 252 g/mol. The lowest BCUT2D eigenvalue weighted by molar-refractivity contribution is 0.496. The molecule has 2 rings (SSSR count). The number of rotatable bonds is 7. The van der Waals surface area contributed by atoms with Crippen molar-refractivity contribution in [2.75, 3.05) is 6.54 Å². The van der Waals surface area contributed by atoms with Crippen molar-refractivity contribution < 1.29 is 0 Å². The predicted octanol–water partition coefficient (Wildman–Crippen LogP) is 4.13. The molecule has 0 spiro atoms. The fourth-order valence-corrected chi connectivity index (χ4v) is 3.05. The first-order valence-corrected chi connectivity index (χ1v) is 7.86. The Morgan fingerprint density at radius 1 is 1.32 bits per heavy atom. The Kier molecular flexibility index (Phi) is 5.55. The summed E-state index contributed by atoms with van der Waals surface area (Å²) < 4.78 is 0. The van der Waals surface area contributed by atoms with Crippen LogP contribution >= 0.6 is 11.3 Å². The molecular formula is C16H22N2S. The van der Waals surface area contributed by atoms with E-state index in [0.29, 0.717) is 6.04 Å². The zero-order valence-corrected chi connectivity index (χ0v) is 12.5. The van der Waals surface area contributed by atoms with Crippen LogP contribution < -0.4 is 5.32 Å². The van der Waals surface area contributed by atoms with Crippen LogP contribution in [0.3, 0.4) is 0 Å². The van der Waals surface area contributed by atoms with Gasteiger partial charge in [-0.3, -0.25) is 4.98 Å². The van der Waals surface area contributed by atoms with Gasteiger partial charge in [-0.25, -0.2) is 0 Å². The molecule has 0 aliphatic carbocycles. The van der Waals surface area contributed by atoms with Gasteiger partial charge in [-0.15, -0.1) is 11.3 Å². The summed E-state index contributed by atoms with van der Waals surface area (Å²) in [6, 6.07) is 8.85. The molecule has 0 saturated carbocycles. The van der Waals surface area contributed by atoms with E-state index in [4.69, 9.17) is 0 Å². The zero-order chi connectivity index (χ0) is 13.5. The number of aryl methyl sites for hydroxylation is 2. The Balaban J connectivity index is 2.00. The normalized spacial score (nSPS) is 12.5. The number of thiophene rings is 1. The SMILES string of the molecule is CCCNC(CCc1ccccn1)c1ccsc1C. The maximum Gasteiger partial charge on any atom is 0.0404 e. The smallest absolute Gasteiger partial charge is 0.0404 e. The molecule has 2 aromatic rings. The fourth-order valence-electron chi connectivity index (χ4n) is 2.28. The highest BCUT2D eigenvalue weighted by Gasteiger charge is 2.14. The lowest BCUT2D eigenvalue weighted by Crippen LogP contribution is -2.23. The molecule has 0 fully saturated rings. The Morgan fingerprint density at radius 3 is 2.84 bits per heavy atom. The molecule has 1 atom stereocenters. The zero-order valence-electron chi connectivity index (χ0n) is 11.7. The molecule has 0 aromatic carbocycles. The molecule has 0 aliphatic heterocycles. The summed E-state index contributed by atoms with van der Waals surface area (Å²) in [5, 5.41) is 5.85. The van der Waals surface area contributed by atoms with Gasteiger partial charge in [-0.2, -0.15) is 0 Å². The van der Waals surface area contributed by atoms with E-state index in [9.17, 15) is 0 Å². The molecule has 2 nitrogen and oxygen atoms in total. The summed E-state index contributed by atoms with van der Waals surface area (Å²) >= 11 is 1.83. The van der Waals surface area contributed by atoms with Gasteiger partial charge in [0.05, 0.1) is 0 Å². The molecule has 0 bridgehead atoms. The molecule has 102 valence electrons. The summed E-state index contributed by atoms with van der Waals surface area (Å²) in [4.78, 5) is 5.84. The Bertz CT molecular complexity index is 479. The summed E-state index contributed by atoms with van der Waals surface area (Å²) in [7, 11) is 0. The van der Waals surface area contributed by atoms with Crippen molar-refractivity contribution in [3.05, 3.63) is 52.0 Å². The van der Waals surface area contributed by atoms with E-state index in [-0.39, 0.29) is 0 Å². The van der Waals surface area contributed by atoms with Crippen LogP contribution in [-0.2, 0) is 6.42 Å². The van der Waals surface area contributed by atoms with Crippen LogP contribution in [0, 0.1) is 6.92 Å². The number of nitrogens with zero attached hydrogens (tertiary/aromatic N) is 1. The second kappa shape index (κ2) is 7.41. The van der Waals surface area contributed by atoms with E-state index < -0.39 is 0 Å². The van der Waals surface area contributed by atoms with Crippen molar-refractivity contribution in [1.29, 1.82) is 0 Å². The third kappa shape index (κ3) is 4.15. The van der Waals surface area contributed by atoms with Crippen molar-refractivity contribution in [1.82, 2.24) is 10.3 Å². The van der Waals surface area contributed by atoms with Gasteiger partial charge in [0, 0.05) is 22.8 Å². The van der Waals surface area contributed by atoms with Crippen molar-refractivity contribution in [2.24, 2.45) is 0 Å². The number of pyridine rings is 1. The van der Waals surface area contributed by atoms with Gasteiger partial charge >= 0.3 is 0 Å². The average Bonchev–Trinajstić information content (AvgIpc) is 2.86. The van der Waals surface area contributed by atoms with E-state index >= 15 is 0 Å². The van der Waals surface area contributed by atoms with Crippen LogP contribution in [0.5, 0.6) is 0 Å². The Labute approximate surface area is 119 Å². The first-order valence-electron chi connectivity index (χ1n) is 6.98. The van der Waals surface area contributed by atoms with Gasteiger partial charge in [0.25, 0.3) is 0 Å². The topological polar surface area (TPSA) is 24.9 Å². The highest BCUT2D eigenvalue weighted by atomic mass is 32.1. The quantitative estimate of drug-likeness (QED) is 0.821. The summed E-state index contributed by atoms with van der Waals surface area (Å²) in [5.41, 5.74) is 2.63. The summed E-state index contributed by atoms with van der Waals surface area (Å²) in [6.45, 7) is 5.49. The third-order valence-electron chi connectivity index (χ3n) is 3.33. The highest BCUT2D eigenvalue weighted by molar-refractivity contribution is 7.10. The molecule has 2 aromatic heterocycles. The molecule has 0 radical (unpaired) electrons. The number of aromatic nitrogens is 1. The largest absolute Gasteiger partial charge is 0.310 e. The lowest BCUT2D eigenvalue weighted by atomic mass is 10.0. The van der Waals surface area contributed by atoms with Crippen molar-refractivity contribution in [3.63, 3.8) is 0 Å². The van der Waals surface area contributed by atoms with Crippen molar-refractivity contribution in [3.8, 4) is 0 Å². The van der Waals surface area contributed by atoms with Crippen LogP contribution in [0.15, 0.2) is 35.8 Å². The van der Waals surface area contributed by atoms with Crippen LogP contribution in [-0.4, -0.2) is 11.5 Å². The van der Waals surface area contributed by atoms with E-state index in [0.717, 1.165) is 19.4 Å². The maximum absolute atomic E-state index is 4.41. The lowest BCUT2D eigenvalue weighted by Gasteiger charge is -2.18.